The lowest BCUT2D eigenvalue weighted by atomic mass is 10.1. The van der Waals surface area contributed by atoms with Crippen LogP contribution in [0.15, 0.2) is 30.0 Å². The maximum atomic E-state index is 12.3. The summed E-state index contributed by atoms with van der Waals surface area (Å²) in [5, 5.41) is 13.4. The molecule has 0 saturated heterocycles. The topological polar surface area (TPSA) is 23.1 Å². The van der Waals surface area contributed by atoms with Crippen molar-refractivity contribution in [1.29, 1.82) is 0 Å². The average Bonchev–Trinajstić information content (AvgIpc) is 2.55. The highest BCUT2D eigenvalue weighted by Gasteiger charge is 2.27. The van der Waals surface area contributed by atoms with Gasteiger partial charge in [-0.15, -0.1) is 5.76 Å². The number of allylic oxidation sites excluding steroid dienone is 1. The molecule has 0 bridgehead atoms. The first kappa shape index (κ1) is 12.6. The lowest BCUT2D eigenvalue weighted by Gasteiger charge is -2.30. The molecule has 2 heteroatoms. The molecule has 1 aromatic carbocycles. The Morgan fingerprint density at radius 2 is 1.65 bits per heavy atom. The normalized spacial score (nSPS) is 15.2. The van der Waals surface area contributed by atoms with Crippen LogP contribution in [0, 0.1) is 0 Å². The van der Waals surface area contributed by atoms with Crippen LogP contribution in [0.25, 0.3) is 5.31 Å². The van der Waals surface area contributed by atoms with Crippen molar-refractivity contribution < 1.29 is 5.11 Å². The van der Waals surface area contributed by atoms with E-state index in [1.165, 1.54) is 11.1 Å². The third-order valence-electron chi connectivity index (χ3n) is 3.26. The number of rotatable bonds is 3. The van der Waals surface area contributed by atoms with E-state index < -0.39 is 0 Å². The van der Waals surface area contributed by atoms with Crippen molar-refractivity contribution in [2.24, 2.45) is 0 Å². The highest BCUT2D eigenvalue weighted by Crippen LogP contribution is 2.60. The van der Waals surface area contributed by atoms with Crippen molar-refractivity contribution in [3.05, 3.63) is 41.2 Å². The SMILES string of the molecule is CC(C)P(C1=C([O-])Cc2ccccc21)C(C)C. The zero-order valence-electron chi connectivity index (χ0n) is 11.0. The Hall–Kier alpha value is -0.810. The maximum Gasteiger partial charge on any atom is -0.0154 e. The lowest BCUT2D eigenvalue weighted by Crippen LogP contribution is -2.09. The Labute approximate surface area is 105 Å². The van der Waals surface area contributed by atoms with Gasteiger partial charge in [-0.1, -0.05) is 59.9 Å². The van der Waals surface area contributed by atoms with Crippen LogP contribution < -0.4 is 5.11 Å². The molecule has 0 heterocycles. The molecular formula is C15H20OP-. The van der Waals surface area contributed by atoms with Crippen LogP contribution in [0.5, 0.6) is 0 Å². The van der Waals surface area contributed by atoms with E-state index >= 15 is 0 Å². The number of fused-ring (bicyclic) bond motifs is 1. The van der Waals surface area contributed by atoms with Gasteiger partial charge in [-0.25, -0.2) is 0 Å². The molecule has 0 saturated carbocycles. The smallest absolute Gasteiger partial charge is 0.0154 e. The van der Waals surface area contributed by atoms with Gasteiger partial charge in [0.1, 0.15) is 0 Å². The van der Waals surface area contributed by atoms with Gasteiger partial charge in [0.15, 0.2) is 0 Å². The van der Waals surface area contributed by atoms with E-state index in [9.17, 15) is 5.11 Å². The number of hydrogen-bond acceptors (Lipinski definition) is 1. The minimum absolute atomic E-state index is 0.339. The predicted octanol–water partition coefficient (Wildman–Crippen LogP) is 3.57. The lowest BCUT2D eigenvalue weighted by molar-refractivity contribution is -0.302. The first-order chi connectivity index (χ1) is 8.02. The van der Waals surface area contributed by atoms with E-state index in [0.29, 0.717) is 23.5 Å². The molecule has 0 atom stereocenters. The molecule has 0 aliphatic heterocycles. The zero-order valence-corrected chi connectivity index (χ0v) is 11.9. The van der Waals surface area contributed by atoms with E-state index in [4.69, 9.17) is 0 Å². The van der Waals surface area contributed by atoms with Gasteiger partial charge in [0.25, 0.3) is 0 Å². The van der Waals surface area contributed by atoms with Gasteiger partial charge in [0.05, 0.1) is 0 Å². The summed E-state index contributed by atoms with van der Waals surface area (Å²) >= 11 is 0. The summed E-state index contributed by atoms with van der Waals surface area (Å²) in [6.45, 7) is 8.97. The third kappa shape index (κ3) is 2.26. The predicted molar refractivity (Wildman–Crippen MR) is 74.3 cm³/mol. The van der Waals surface area contributed by atoms with Gasteiger partial charge in [0, 0.05) is 0 Å². The van der Waals surface area contributed by atoms with Crippen LogP contribution in [0.4, 0.5) is 0 Å². The van der Waals surface area contributed by atoms with Crippen LogP contribution in [0.3, 0.4) is 0 Å². The average molecular weight is 247 g/mol. The van der Waals surface area contributed by atoms with Crippen molar-refractivity contribution in [2.75, 3.05) is 0 Å². The number of benzene rings is 1. The molecule has 1 aliphatic carbocycles. The van der Waals surface area contributed by atoms with Crippen LogP contribution in [0.1, 0.15) is 38.8 Å². The highest BCUT2D eigenvalue weighted by atomic mass is 31.1. The molecule has 0 radical (unpaired) electrons. The van der Waals surface area contributed by atoms with Gasteiger partial charge >= 0.3 is 0 Å². The fourth-order valence-electron chi connectivity index (χ4n) is 2.71. The molecule has 1 nitrogen and oxygen atoms in total. The van der Waals surface area contributed by atoms with Crippen LogP contribution in [-0.2, 0) is 6.42 Å². The van der Waals surface area contributed by atoms with E-state index in [1.54, 1.807) is 0 Å². The van der Waals surface area contributed by atoms with Gasteiger partial charge in [-0.3, -0.25) is 0 Å². The fourth-order valence-corrected chi connectivity index (χ4v) is 5.80. The van der Waals surface area contributed by atoms with Crippen LogP contribution in [0.2, 0.25) is 0 Å². The van der Waals surface area contributed by atoms with Crippen molar-refractivity contribution in [1.82, 2.24) is 0 Å². The standard InChI is InChI=1S/C15H21OP/c1-10(2)17(11(3)4)15-13-8-6-5-7-12(13)9-14(15)16/h5-8,10-11,16H,9H2,1-4H3/p-1. The summed E-state index contributed by atoms with van der Waals surface area (Å²) in [5.41, 5.74) is 3.61. The second-order valence-corrected chi connectivity index (χ2v) is 8.53. The van der Waals surface area contributed by atoms with Gasteiger partial charge in [-0.2, -0.15) is 0 Å². The molecule has 0 N–H and O–H groups in total. The molecule has 0 amide bonds. The van der Waals surface area contributed by atoms with Crippen LogP contribution in [-0.4, -0.2) is 11.3 Å². The molecule has 0 aromatic heterocycles. The minimum Gasteiger partial charge on any atom is -0.875 e. The van der Waals surface area contributed by atoms with E-state index in [0.717, 1.165) is 5.31 Å². The molecule has 2 rings (SSSR count). The van der Waals surface area contributed by atoms with Gasteiger partial charge in [-0.05, 0) is 34.2 Å². The molecule has 0 fully saturated rings. The Balaban J connectivity index is 2.47. The summed E-state index contributed by atoms with van der Waals surface area (Å²) in [6.07, 6.45) is 0.615. The Bertz CT molecular complexity index is 438. The molecular weight excluding hydrogens is 227 g/mol. The minimum atomic E-state index is -0.339. The molecule has 17 heavy (non-hydrogen) atoms. The largest absolute Gasteiger partial charge is 0.875 e. The van der Waals surface area contributed by atoms with Crippen molar-refractivity contribution in [3.63, 3.8) is 0 Å². The maximum absolute atomic E-state index is 12.3. The molecule has 1 aromatic rings. The first-order valence-corrected chi connectivity index (χ1v) is 7.77. The second kappa shape index (κ2) is 4.82. The van der Waals surface area contributed by atoms with E-state index in [-0.39, 0.29) is 7.92 Å². The molecule has 1 aliphatic rings. The third-order valence-corrected chi connectivity index (χ3v) is 6.49. The second-order valence-electron chi connectivity index (χ2n) is 5.20. The summed E-state index contributed by atoms with van der Waals surface area (Å²) < 4.78 is 0. The number of hydrogen-bond donors (Lipinski definition) is 0. The summed E-state index contributed by atoms with van der Waals surface area (Å²) in [6, 6.07) is 8.29. The van der Waals surface area contributed by atoms with Crippen molar-refractivity contribution in [2.45, 2.75) is 45.4 Å². The fraction of sp³-hybridized carbons (Fsp3) is 0.467. The monoisotopic (exact) mass is 247 g/mol. The quantitative estimate of drug-likeness (QED) is 0.749. The van der Waals surface area contributed by atoms with Crippen molar-refractivity contribution >= 4 is 13.2 Å². The molecule has 0 spiro atoms. The van der Waals surface area contributed by atoms with Gasteiger partial charge < -0.3 is 5.11 Å². The van der Waals surface area contributed by atoms with Crippen LogP contribution >= 0.6 is 7.92 Å². The first-order valence-electron chi connectivity index (χ1n) is 6.29. The Morgan fingerprint density at radius 1 is 1.06 bits per heavy atom. The summed E-state index contributed by atoms with van der Waals surface area (Å²) in [4.78, 5) is 0. The zero-order chi connectivity index (χ0) is 12.6. The summed E-state index contributed by atoms with van der Waals surface area (Å²) in [7, 11) is -0.339. The highest BCUT2D eigenvalue weighted by molar-refractivity contribution is 7.69. The van der Waals surface area contributed by atoms with E-state index in [1.807, 2.05) is 12.1 Å². The van der Waals surface area contributed by atoms with Gasteiger partial charge in [0.2, 0.25) is 0 Å². The molecule has 92 valence electrons. The van der Waals surface area contributed by atoms with Crippen molar-refractivity contribution in [3.8, 4) is 0 Å². The summed E-state index contributed by atoms with van der Waals surface area (Å²) in [5.74, 6) is 0.361. The molecule has 0 unspecified atom stereocenters. The Morgan fingerprint density at radius 3 is 2.24 bits per heavy atom. The van der Waals surface area contributed by atoms with E-state index in [2.05, 4.69) is 39.8 Å². The Kier molecular flexibility index (Phi) is 3.58.